The molecule has 2 heterocycles. The molecule has 0 aliphatic carbocycles. The molecule has 1 amide bonds. The maximum Gasteiger partial charge on any atom is 0.247 e. The van der Waals surface area contributed by atoms with Crippen molar-refractivity contribution in [1.29, 1.82) is 0 Å². The molecule has 0 spiro atoms. The van der Waals surface area contributed by atoms with Gasteiger partial charge < -0.3 is 10.2 Å². The number of para-hydroxylation sites is 1. The summed E-state index contributed by atoms with van der Waals surface area (Å²) in [6.45, 7) is 0.925. The molecule has 1 aromatic rings. The zero-order valence-electron chi connectivity index (χ0n) is 8.87. The summed E-state index contributed by atoms with van der Waals surface area (Å²) in [6, 6.07) is 5.63. The van der Waals surface area contributed by atoms with Gasteiger partial charge in [-0.05, 0) is 31.4 Å². The third-order valence-electron chi connectivity index (χ3n) is 3.34. The van der Waals surface area contributed by atoms with Gasteiger partial charge in [-0.1, -0.05) is 17.7 Å². The number of nitrogens with zero attached hydrogens (tertiary/aromatic N) is 1. The Hall–Kier alpha value is -1.22. The van der Waals surface area contributed by atoms with E-state index in [2.05, 4.69) is 10.2 Å². The van der Waals surface area contributed by atoms with Crippen LogP contribution in [0, 0.1) is 0 Å². The van der Waals surface area contributed by atoms with Crippen molar-refractivity contribution in [2.45, 2.75) is 25.3 Å². The number of hydrogen-bond donors (Lipinski definition) is 1. The first kappa shape index (κ1) is 9.97. The van der Waals surface area contributed by atoms with Crippen LogP contribution in [0.25, 0.3) is 0 Å². The predicted octanol–water partition coefficient (Wildman–Crippen LogP) is 2.65. The molecule has 3 nitrogen and oxygen atoms in total. The van der Waals surface area contributed by atoms with E-state index in [0.29, 0.717) is 0 Å². The molecule has 0 unspecified atom stereocenters. The Morgan fingerprint density at radius 3 is 3.12 bits per heavy atom. The van der Waals surface area contributed by atoms with E-state index in [1.54, 1.807) is 0 Å². The van der Waals surface area contributed by atoms with Gasteiger partial charge >= 0.3 is 0 Å². The van der Waals surface area contributed by atoms with Crippen molar-refractivity contribution in [2.75, 3.05) is 16.8 Å². The van der Waals surface area contributed by atoms with E-state index in [9.17, 15) is 4.79 Å². The minimum Gasteiger partial charge on any atom is -0.357 e. The second-order valence-electron chi connectivity index (χ2n) is 4.33. The maximum atomic E-state index is 11.9. The van der Waals surface area contributed by atoms with Crippen molar-refractivity contribution >= 4 is 28.9 Å². The number of carbonyl (C=O) groups excluding carboxylic acids is 1. The fraction of sp³-hybridized carbons (Fsp3) is 0.417. The van der Waals surface area contributed by atoms with Crippen LogP contribution < -0.4 is 10.2 Å². The highest BCUT2D eigenvalue weighted by Crippen LogP contribution is 2.40. The molecular weight excluding hydrogens is 224 g/mol. The lowest BCUT2D eigenvalue weighted by atomic mass is 9.97. The highest BCUT2D eigenvalue weighted by molar-refractivity contribution is 6.34. The van der Waals surface area contributed by atoms with E-state index in [0.717, 1.165) is 42.2 Å². The lowest BCUT2D eigenvalue weighted by Crippen LogP contribution is -2.50. The largest absolute Gasteiger partial charge is 0.357 e. The fourth-order valence-corrected chi connectivity index (χ4v) is 2.88. The third kappa shape index (κ3) is 1.39. The molecule has 0 radical (unpaired) electrons. The van der Waals surface area contributed by atoms with E-state index in [4.69, 9.17) is 11.6 Å². The smallest absolute Gasteiger partial charge is 0.247 e. The molecule has 1 atom stereocenters. The Morgan fingerprint density at radius 2 is 2.25 bits per heavy atom. The Labute approximate surface area is 99.4 Å². The highest BCUT2D eigenvalue weighted by atomic mass is 35.5. The highest BCUT2D eigenvalue weighted by Gasteiger charge is 2.35. The molecule has 2 aliphatic rings. The van der Waals surface area contributed by atoms with Gasteiger partial charge in [-0.2, -0.15) is 0 Å². The molecule has 1 fully saturated rings. The Morgan fingerprint density at radius 1 is 1.38 bits per heavy atom. The first-order valence-corrected chi connectivity index (χ1v) is 6.01. The number of anilines is 2. The van der Waals surface area contributed by atoms with Gasteiger partial charge in [0.15, 0.2) is 0 Å². The van der Waals surface area contributed by atoms with Crippen LogP contribution in [0.4, 0.5) is 11.4 Å². The second-order valence-corrected chi connectivity index (χ2v) is 4.74. The summed E-state index contributed by atoms with van der Waals surface area (Å²) in [5, 5.41) is 3.66. The van der Waals surface area contributed by atoms with Gasteiger partial charge in [-0.15, -0.1) is 0 Å². The number of hydrogen-bond acceptors (Lipinski definition) is 2. The van der Waals surface area contributed by atoms with E-state index in [1.807, 2.05) is 18.2 Å². The van der Waals surface area contributed by atoms with Crippen LogP contribution in [0.15, 0.2) is 18.2 Å². The number of benzene rings is 1. The van der Waals surface area contributed by atoms with Gasteiger partial charge in [0, 0.05) is 6.54 Å². The molecule has 3 rings (SSSR count). The van der Waals surface area contributed by atoms with Crippen molar-refractivity contribution in [3.8, 4) is 0 Å². The second kappa shape index (κ2) is 3.67. The van der Waals surface area contributed by atoms with Crippen LogP contribution in [0.1, 0.15) is 19.3 Å². The van der Waals surface area contributed by atoms with E-state index in [1.165, 1.54) is 0 Å². The Kier molecular flexibility index (Phi) is 2.28. The summed E-state index contributed by atoms with van der Waals surface area (Å²) >= 11 is 6.22. The quantitative estimate of drug-likeness (QED) is 0.751. The predicted molar refractivity (Wildman–Crippen MR) is 65.1 cm³/mol. The number of rotatable bonds is 0. The topological polar surface area (TPSA) is 32.3 Å². The van der Waals surface area contributed by atoms with Crippen LogP contribution in [0.3, 0.4) is 0 Å². The molecule has 1 aromatic carbocycles. The van der Waals surface area contributed by atoms with Gasteiger partial charge in [0.25, 0.3) is 0 Å². The van der Waals surface area contributed by atoms with Crippen LogP contribution in [-0.2, 0) is 4.79 Å². The van der Waals surface area contributed by atoms with Gasteiger partial charge in [0.1, 0.15) is 6.04 Å². The van der Waals surface area contributed by atoms with Crippen molar-refractivity contribution in [3.05, 3.63) is 23.2 Å². The van der Waals surface area contributed by atoms with Crippen molar-refractivity contribution < 1.29 is 4.79 Å². The molecule has 4 heteroatoms. The monoisotopic (exact) mass is 236 g/mol. The van der Waals surface area contributed by atoms with Crippen molar-refractivity contribution in [2.24, 2.45) is 0 Å². The molecule has 0 bridgehead atoms. The summed E-state index contributed by atoms with van der Waals surface area (Å²) in [7, 11) is 0. The summed E-state index contributed by atoms with van der Waals surface area (Å²) in [6.07, 6.45) is 3.18. The summed E-state index contributed by atoms with van der Waals surface area (Å²) in [5.74, 6) is 0.106. The average molecular weight is 237 g/mol. The summed E-state index contributed by atoms with van der Waals surface area (Å²) < 4.78 is 0. The zero-order valence-corrected chi connectivity index (χ0v) is 9.63. The minimum atomic E-state index is -0.0267. The number of fused-ring (bicyclic) bond motifs is 3. The molecule has 1 saturated heterocycles. The summed E-state index contributed by atoms with van der Waals surface area (Å²) in [4.78, 5) is 14.1. The third-order valence-corrected chi connectivity index (χ3v) is 3.64. The summed E-state index contributed by atoms with van der Waals surface area (Å²) in [5.41, 5.74) is 1.84. The van der Waals surface area contributed by atoms with E-state index < -0.39 is 0 Å². The first-order chi connectivity index (χ1) is 7.77. The minimum absolute atomic E-state index is 0.0267. The molecule has 16 heavy (non-hydrogen) atoms. The van der Waals surface area contributed by atoms with Crippen LogP contribution in [0.5, 0.6) is 0 Å². The van der Waals surface area contributed by atoms with Crippen molar-refractivity contribution in [1.82, 2.24) is 0 Å². The molecule has 0 aromatic heterocycles. The fourth-order valence-electron chi connectivity index (χ4n) is 2.60. The van der Waals surface area contributed by atoms with Crippen molar-refractivity contribution in [3.63, 3.8) is 0 Å². The number of piperidine rings is 1. The van der Waals surface area contributed by atoms with Crippen LogP contribution >= 0.6 is 11.6 Å². The lowest BCUT2D eigenvalue weighted by Gasteiger charge is -2.41. The van der Waals surface area contributed by atoms with Gasteiger partial charge in [0.2, 0.25) is 5.91 Å². The van der Waals surface area contributed by atoms with Gasteiger partial charge in [0.05, 0.1) is 16.4 Å². The average Bonchev–Trinajstić information content (AvgIpc) is 2.29. The lowest BCUT2D eigenvalue weighted by molar-refractivity contribution is -0.118. The number of carbonyl (C=O) groups is 1. The molecule has 1 N–H and O–H groups in total. The van der Waals surface area contributed by atoms with Crippen LogP contribution in [0.2, 0.25) is 5.02 Å². The maximum absolute atomic E-state index is 11.9. The number of nitrogens with one attached hydrogen (secondary N) is 1. The number of amides is 1. The van der Waals surface area contributed by atoms with E-state index in [-0.39, 0.29) is 11.9 Å². The van der Waals surface area contributed by atoms with Gasteiger partial charge in [-0.25, -0.2) is 0 Å². The van der Waals surface area contributed by atoms with Gasteiger partial charge in [-0.3, -0.25) is 4.79 Å². The Bertz CT molecular complexity index is 447. The first-order valence-electron chi connectivity index (χ1n) is 5.63. The zero-order chi connectivity index (χ0) is 11.1. The van der Waals surface area contributed by atoms with E-state index >= 15 is 0 Å². The standard InChI is InChI=1S/C12H13ClN2O/c13-8-4-3-5-9-11(8)15-7-2-1-6-10(15)12(16)14-9/h3-5,10H,1-2,6-7H2,(H,14,16)/t10-/m1/s1. The molecule has 84 valence electrons. The number of halogens is 1. The molecule has 2 aliphatic heterocycles. The molecule has 0 saturated carbocycles. The van der Waals surface area contributed by atoms with Crippen LogP contribution in [-0.4, -0.2) is 18.5 Å². The SMILES string of the molecule is O=C1Nc2cccc(Cl)c2N2CCCC[C@H]12. The normalized spacial score (nSPS) is 23.4. The molecular formula is C12H13ClN2O. The Balaban J connectivity index is 2.11.